The smallest absolute Gasteiger partial charge is 0.168 e. The normalized spacial score (nSPS) is 11.7. The van der Waals surface area contributed by atoms with Gasteiger partial charge in [0.15, 0.2) is 49.6 Å². The maximum absolute atomic E-state index is 6.36. The largest absolute Gasteiger partial charge is 0.494 e. The molecule has 2 aliphatic rings. The lowest BCUT2D eigenvalue weighted by atomic mass is 10.0. The maximum atomic E-state index is 6.36. The van der Waals surface area contributed by atoms with E-state index in [4.69, 9.17) is 28.9 Å². The molecule has 0 amide bonds. The number of nitrogens with one attached hydrogen (secondary N) is 2. The summed E-state index contributed by atoms with van der Waals surface area (Å²) in [4.78, 5) is 19.1. The van der Waals surface area contributed by atoms with Gasteiger partial charge in [-0.25, -0.2) is 28.2 Å². The predicted octanol–water partition coefficient (Wildman–Crippen LogP) is 15.9. The van der Waals surface area contributed by atoms with E-state index in [1.165, 1.54) is 0 Å². The summed E-state index contributed by atoms with van der Waals surface area (Å²) in [5.74, 6) is 3.30. The van der Waals surface area contributed by atoms with Gasteiger partial charge in [-0.3, -0.25) is 0 Å². The molecule has 8 bridgehead atoms. The Morgan fingerprint density at radius 1 is 0.250 bits per heavy atom. The van der Waals surface area contributed by atoms with Crippen molar-refractivity contribution in [1.29, 1.82) is 0 Å². The minimum absolute atomic E-state index is 0.630. The second-order valence-corrected chi connectivity index (χ2v) is 23.3. The van der Waals surface area contributed by atoms with Gasteiger partial charge in [-0.05, 0) is 145 Å². The number of nitrogens with zero attached hydrogens (tertiary/aromatic N) is 6. The number of aryl methyl sites for hydroxylation is 4. The van der Waals surface area contributed by atoms with E-state index < -0.39 is 0 Å². The molecule has 0 fully saturated rings. The first-order valence-corrected chi connectivity index (χ1v) is 32.5. The SMILES string of the molecule is C1=Cc2nc1c(-c1ccc(OCCCC[n+]3ccccc3)cc1)c1ccc([nH]1)c(-c1ccc(OCCCC[n+]3ccccc3)cc1)c1nc(c(-c3ccc(OCCCC[n+]4ccccc4)cc3)c3ccc([nH]3)c2-c2ccc(OCCCC[n+]3ccccc3)cc2)C=C1. The molecule has 12 nitrogen and oxygen atoms in total. The fourth-order valence-electron chi connectivity index (χ4n) is 12.0. The molecule has 0 saturated heterocycles. The molecule has 0 aliphatic carbocycles. The monoisotopic (exact) mass is 1210 g/mol. The van der Waals surface area contributed by atoms with Crippen molar-refractivity contribution in [2.45, 2.75) is 77.5 Å². The zero-order valence-electron chi connectivity index (χ0n) is 52.0. The molecule has 12 heteroatoms. The van der Waals surface area contributed by atoms with E-state index in [0.29, 0.717) is 26.4 Å². The van der Waals surface area contributed by atoms with Gasteiger partial charge < -0.3 is 28.9 Å². The molecule has 0 saturated carbocycles. The van der Waals surface area contributed by atoms with Crippen LogP contribution in [0.5, 0.6) is 23.0 Å². The molecule has 9 heterocycles. The molecule has 13 rings (SSSR count). The topological polar surface area (TPSA) is 110 Å². The van der Waals surface area contributed by atoms with Crippen molar-refractivity contribution < 1.29 is 37.2 Å². The molecule has 11 aromatic rings. The lowest BCUT2D eigenvalue weighted by Crippen LogP contribution is -2.32. The first-order valence-electron chi connectivity index (χ1n) is 32.5. The van der Waals surface area contributed by atoms with E-state index in [9.17, 15) is 0 Å². The van der Waals surface area contributed by atoms with Crippen LogP contribution in [0.2, 0.25) is 0 Å². The minimum Gasteiger partial charge on any atom is -0.494 e. The highest BCUT2D eigenvalue weighted by molar-refractivity contribution is 6.00. The van der Waals surface area contributed by atoms with Crippen LogP contribution in [0.25, 0.3) is 90.9 Å². The zero-order valence-corrected chi connectivity index (χ0v) is 52.0. The van der Waals surface area contributed by atoms with Crippen molar-refractivity contribution in [3.8, 4) is 67.5 Å². The van der Waals surface area contributed by atoms with E-state index in [1.807, 2.05) is 24.3 Å². The first kappa shape index (κ1) is 60.2. The summed E-state index contributed by atoms with van der Waals surface area (Å²) < 4.78 is 34.3. The Labute approximate surface area is 538 Å². The summed E-state index contributed by atoms with van der Waals surface area (Å²) in [6.45, 7) is 6.32. The van der Waals surface area contributed by atoms with E-state index >= 15 is 0 Å². The van der Waals surface area contributed by atoms with E-state index in [0.717, 1.165) is 190 Å². The number of fused-ring (bicyclic) bond motifs is 8. The molecule has 458 valence electrons. The van der Waals surface area contributed by atoms with E-state index in [-0.39, 0.29) is 0 Å². The van der Waals surface area contributed by atoms with Crippen LogP contribution in [-0.4, -0.2) is 46.4 Å². The molecular weight excluding hydrogens is 1140 g/mol. The Kier molecular flexibility index (Phi) is 19.8. The number of ether oxygens (including phenoxy) is 4. The lowest BCUT2D eigenvalue weighted by molar-refractivity contribution is -0.697. The number of aromatic nitrogens is 8. The van der Waals surface area contributed by atoms with Crippen LogP contribution in [0.4, 0.5) is 0 Å². The molecule has 7 aromatic heterocycles. The van der Waals surface area contributed by atoms with Gasteiger partial charge in [-0.2, -0.15) is 0 Å². The number of unbranched alkanes of at least 4 members (excludes halogenated alkanes) is 4. The third kappa shape index (κ3) is 15.5. The van der Waals surface area contributed by atoms with Crippen LogP contribution < -0.4 is 37.2 Å². The molecule has 0 atom stereocenters. The summed E-state index contributed by atoms with van der Waals surface area (Å²) in [5.41, 5.74) is 14.8. The third-order valence-electron chi connectivity index (χ3n) is 16.8. The van der Waals surface area contributed by atoms with Crippen LogP contribution in [0.15, 0.2) is 244 Å². The highest BCUT2D eigenvalue weighted by Crippen LogP contribution is 2.40. The van der Waals surface area contributed by atoms with Gasteiger partial charge in [0, 0.05) is 119 Å². The van der Waals surface area contributed by atoms with Gasteiger partial charge in [-0.1, -0.05) is 72.8 Å². The Balaban J connectivity index is 0.884. The van der Waals surface area contributed by atoms with Gasteiger partial charge in [0.2, 0.25) is 0 Å². The fraction of sp³-hybridized carbons (Fsp3) is 0.200. The number of rotatable bonds is 28. The third-order valence-corrected chi connectivity index (χ3v) is 16.8. The maximum Gasteiger partial charge on any atom is 0.168 e. The number of hydrogen-bond donors (Lipinski definition) is 2. The van der Waals surface area contributed by atoms with Crippen molar-refractivity contribution in [1.82, 2.24) is 19.9 Å². The van der Waals surface area contributed by atoms with Crippen molar-refractivity contribution >= 4 is 46.4 Å². The van der Waals surface area contributed by atoms with Gasteiger partial charge in [0.25, 0.3) is 0 Å². The molecule has 0 unspecified atom stereocenters. The molecule has 92 heavy (non-hydrogen) atoms. The number of aromatic amines is 2. The Bertz CT molecular complexity index is 3860. The summed E-state index contributed by atoms with van der Waals surface area (Å²) >= 11 is 0. The number of hydrogen-bond acceptors (Lipinski definition) is 6. The molecule has 2 N–H and O–H groups in total. The Hall–Kier alpha value is -10.7. The summed E-state index contributed by atoms with van der Waals surface area (Å²) in [6.07, 6.45) is 33.3. The Morgan fingerprint density at radius 2 is 0.467 bits per heavy atom. The number of pyridine rings is 4. The minimum atomic E-state index is 0.630. The quantitative estimate of drug-likeness (QED) is 0.0373. The molecule has 0 spiro atoms. The average molecular weight is 1220 g/mol. The Morgan fingerprint density at radius 3 is 0.685 bits per heavy atom. The van der Waals surface area contributed by atoms with Gasteiger partial charge >= 0.3 is 0 Å². The lowest BCUT2D eigenvalue weighted by Gasteiger charge is -2.10. The van der Waals surface area contributed by atoms with Crippen LogP contribution in [0.3, 0.4) is 0 Å². The summed E-state index contributed by atoms with van der Waals surface area (Å²) in [6, 6.07) is 67.2. The van der Waals surface area contributed by atoms with Gasteiger partial charge in [0.1, 0.15) is 49.2 Å². The van der Waals surface area contributed by atoms with Gasteiger partial charge in [0.05, 0.1) is 49.2 Å². The van der Waals surface area contributed by atoms with Crippen molar-refractivity contribution in [2.24, 2.45) is 0 Å². The predicted molar refractivity (Wildman–Crippen MR) is 366 cm³/mol. The highest BCUT2D eigenvalue weighted by atomic mass is 16.5. The zero-order chi connectivity index (χ0) is 61.9. The van der Waals surface area contributed by atoms with Crippen LogP contribution in [0, 0.1) is 0 Å². The molecule has 4 aromatic carbocycles. The second-order valence-electron chi connectivity index (χ2n) is 23.3. The summed E-state index contributed by atoms with van der Waals surface area (Å²) in [7, 11) is 0. The van der Waals surface area contributed by atoms with Gasteiger partial charge in [-0.15, -0.1) is 0 Å². The molecule has 0 radical (unpaired) electrons. The second kappa shape index (κ2) is 30.2. The van der Waals surface area contributed by atoms with Crippen molar-refractivity contribution in [3.63, 3.8) is 0 Å². The van der Waals surface area contributed by atoms with Crippen LogP contribution >= 0.6 is 0 Å². The average Bonchev–Trinajstić information content (AvgIpc) is 1.70. The van der Waals surface area contributed by atoms with Crippen molar-refractivity contribution in [3.05, 3.63) is 266 Å². The summed E-state index contributed by atoms with van der Waals surface area (Å²) in [5, 5.41) is 0. The van der Waals surface area contributed by atoms with E-state index in [1.54, 1.807) is 0 Å². The van der Waals surface area contributed by atoms with E-state index in [2.05, 4.69) is 272 Å². The molecular formula is C80H78N8O4+4. The fourth-order valence-corrected chi connectivity index (χ4v) is 12.0. The molecule has 2 aliphatic heterocycles. The first-order chi connectivity index (χ1) is 45.6. The van der Waals surface area contributed by atoms with Crippen LogP contribution in [-0.2, 0) is 26.2 Å². The number of benzene rings is 4. The highest BCUT2D eigenvalue weighted by Gasteiger charge is 2.20. The number of H-pyrrole nitrogens is 2. The van der Waals surface area contributed by atoms with Crippen LogP contribution in [0.1, 0.15) is 74.1 Å². The standard InChI is InChI=1S/C80H78N8O4/c1-5-45-85(46-6-1)53-13-17-57-89-65-29-21-61(22-30-65)77-69-37-39-71(81-69)78(62-23-31-66(32-24-62)90-58-18-14-54-86-47-7-2-8-48-86)73-41-43-75(83-73)80(64-27-35-68(36-28-64)92-60-20-16-56-88-51-11-4-12-52-88)76-44-42-74(84-76)79(72-40-38-70(77)82-72)63-25-33-67(34-26-63)91-59-19-15-55-87-49-9-3-10-50-87/h1-12,21-52,81,84H,13-20,53-60H2/q+4. The van der Waals surface area contributed by atoms with Crippen molar-refractivity contribution in [2.75, 3.05) is 26.4 Å².